The van der Waals surface area contributed by atoms with Gasteiger partial charge in [-0.1, -0.05) is 24.3 Å². The molecule has 2 heterocycles. The second-order valence-corrected chi connectivity index (χ2v) is 8.41. The molecule has 0 spiro atoms. The molecule has 0 radical (unpaired) electrons. The van der Waals surface area contributed by atoms with Gasteiger partial charge < -0.3 is 44.8 Å². The molecule has 0 unspecified atom stereocenters. The molecule has 2 aromatic rings. The average Bonchev–Trinajstić information content (AvgIpc) is 3.21. The molecule has 0 bridgehead atoms. The predicted octanol–water partition coefficient (Wildman–Crippen LogP) is -0.000200. The number of hydrogen-bond donors (Lipinski definition) is 6. The van der Waals surface area contributed by atoms with Crippen molar-refractivity contribution in [3.63, 3.8) is 0 Å². The number of ether oxygens (including phenoxy) is 3. The van der Waals surface area contributed by atoms with Crippen LogP contribution in [0.15, 0.2) is 42.5 Å². The Hall–Kier alpha value is -2.24. The fourth-order valence-electron chi connectivity index (χ4n) is 4.35. The van der Waals surface area contributed by atoms with Gasteiger partial charge in [0, 0.05) is 12.2 Å². The highest BCUT2D eigenvalue weighted by Gasteiger charge is 2.44. The number of rotatable bonds is 8. The first-order valence-electron chi connectivity index (χ1n) is 11.0. The van der Waals surface area contributed by atoms with Gasteiger partial charge in [0.05, 0.1) is 19.1 Å². The second-order valence-electron chi connectivity index (χ2n) is 8.41. The van der Waals surface area contributed by atoms with Crippen molar-refractivity contribution in [3.05, 3.63) is 59.2 Å². The van der Waals surface area contributed by atoms with Crippen LogP contribution in [0.3, 0.4) is 0 Å². The van der Waals surface area contributed by atoms with E-state index >= 15 is 0 Å². The third-order valence-electron chi connectivity index (χ3n) is 6.22. The van der Waals surface area contributed by atoms with Crippen LogP contribution in [-0.2, 0) is 11.2 Å². The molecule has 9 nitrogen and oxygen atoms in total. The number of aliphatic hydroxyl groups excluding tert-OH is 6. The zero-order chi connectivity index (χ0) is 23.5. The fourth-order valence-corrected chi connectivity index (χ4v) is 4.35. The summed E-state index contributed by atoms with van der Waals surface area (Å²) < 4.78 is 17.1. The number of benzene rings is 2. The zero-order valence-corrected chi connectivity index (χ0v) is 18.0. The van der Waals surface area contributed by atoms with E-state index in [1.807, 2.05) is 18.2 Å². The first-order valence-corrected chi connectivity index (χ1v) is 11.0. The summed E-state index contributed by atoms with van der Waals surface area (Å²) in [5.41, 5.74) is 2.83. The number of hydrogen-bond acceptors (Lipinski definition) is 9. The number of aliphatic hydroxyl groups is 6. The molecule has 4 rings (SSSR count). The van der Waals surface area contributed by atoms with Gasteiger partial charge in [-0.15, -0.1) is 0 Å². The summed E-state index contributed by atoms with van der Waals surface area (Å²) in [5, 5.41) is 58.4. The molecule has 180 valence electrons. The Bertz CT molecular complexity index is 917. The summed E-state index contributed by atoms with van der Waals surface area (Å²) in [6.07, 6.45) is -5.75. The van der Waals surface area contributed by atoms with Crippen LogP contribution in [0.5, 0.6) is 11.5 Å². The van der Waals surface area contributed by atoms with Crippen molar-refractivity contribution in [1.29, 1.82) is 0 Å². The minimum atomic E-state index is -1.52. The third kappa shape index (κ3) is 4.85. The van der Waals surface area contributed by atoms with Crippen molar-refractivity contribution in [1.82, 2.24) is 0 Å². The molecular formula is C24H30O9. The first-order chi connectivity index (χ1) is 16.0. The molecule has 2 aromatic carbocycles. The fraction of sp³-hybridized carbons (Fsp3) is 0.500. The van der Waals surface area contributed by atoms with Gasteiger partial charge in [0.15, 0.2) is 0 Å². The molecule has 2 aliphatic rings. The summed E-state index contributed by atoms with van der Waals surface area (Å²) in [7, 11) is 0. The Balaban J connectivity index is 1.46. The van der Waals surface area contributed by atoms with E-state index in [4.69, 9.17) is 19.3 Å². The standard InChI is InChI=1S/C24H30O9/c25-9-1-2-13-3-8-18-16(10-13)17(11-26)23(32-18)14-4-6-15(7-5-14)31-24-22(30)21(29)20(28)19(12-27)33-24/h3-8,10,17,19-30H,1-2,9,11-12H2/t17-,19+,20+,21-,22+,23+,24+/m0/s1. The number of fused-ring (bicyclic) bond motifs is 1. The van der Waals surface area contributed by atoms with Crippen LogP contribution in [0, 0.1) is 0 Å². The summed E-state index contributed by atoms with van der Waals surface area (Å²) in [5.74, 6) is 0.824. The van der Waals surface area contributed by atoms with Gasteiger partial charge in [-0.25, -0.2) is 0 Å². The monoisotopic (exact) mass is 462 g/mol. The Kier molecular flexibility index (Phi) is 7.50. The lowest BCUT2D eigenvalue weighted by molar-refractivity contribution is -0.277. The molecule has 2 aliphatic heterocycles. The minimum absolute atomic E-state index is 0.0930. The van der Waals surface area contributed by atoms with Gasteiger partial charge in [-0.3, -0.25) is 0 Å². The lowest BCUT2D eigenvalue weighted by atomic mass is 9.90. The normalized spacial score (nSPS) is 31.2. The molecule has 6 N–H and O–H groups in total. The summed E-state index contributed by atoms with van der Waals surface area (Å²) in [6, 6.07) is 12.7. The van der Waals surface area contributed by atoms with Crippen LogP contribution in [0.2, 0.25) is 0 Å². The van der Waals surface area contributed by atoms with Crippen LogP contribution in [0.1, 0.15) is 35.1 Å². The van der Waals surface area contributed by atoms with Gasteiger partial charge >= 0.3 is 0 Å². The molecule has 1 saturated heterocycles. The molecule has 0 aliphatic carbocycles. The molecule has 9 heteroatoms. The maximum absolute atomic E-state index is 10.1. The van der Waals surface area contributed by atoms with Gasteiger partial charge in [0.25, 0.3) is 0 Å². The van der Waals surface area contributed by atoms with E-state index in [1.54, 1.807) is 24.3 Å². The molecule has 1 fully saturated rings. The zero-order valence-electron chi connectivity index (χ0n) is 18.0. The summed E-state index contributed by atoms with van der Waals surface area (Å²) in [4.78, 5) is 0. The van der Waals surface area contributed by atoms with Crippen LogP contribution in [0.4, 0.5) is 0 Å². The van der Waals surface area contributed by atoms with Crippen LogP contribution >= 0.6 is 0 Å². The van der Waals surface area contributed by atoms with Gasteiger partial charge in [-0.2, -0.15) is 0 Å². The molecule has 33 heavy (non-hydrogen) atoms. The van der Waals surface area contributed by atoms with E-state index < -0.39 is 37.3 Å². The van der Waals surface area contributed by atoms with Gasteiger partial charge in [-0.05, 0) is 42.2 Å². The Labute approximate surface area is 191 Å². The maximum Gasteiger partial charge on any atom is 0.229 e. The van der Waals surface area contributed by atoms with E-state index in [9.17, 15) is 25.5 Å². The Morgan fingerprint density at radius 3 is 2.27 bits per heavy atom. The SMILES string of the molecule is OCCCc1ccc2c(c1)[C@H](CO)[C@@H](c1ccc(O[C@@H]3O[C@H](CO)[C@@H](O)[C@H](O)[C@H]3O)cc1)O2. The molecule has 0 aromatic heterocycles. The molecular weight excluding hydrogens is 432 g/mol. The topological polar surface area (TPSA) is 149 Å². The molecule has 0 saturated carbocycles. The highest BCUT2D eigenvalue weighted by atomic mass is 16.7. The van der Waals surface area contributed by atoms with Crippen molar-refractivity contribution in [2.75, 3.05) is 19.8 Å². The smallest absolute Gasteiger partial charge is 0.229 e. The van der Waals surface area contributed by atoms with Crippen molar-refractivity contribution < 1.29 is 44.8 Å². The van der Waals surface area contributed by atoms with Gasteiger partial charge in [0.2, 0.25) is 6.29 Å². The third-order valence-corrected chi connectivity index (χ3v) is 6.22. The van der Waals surface area contributed by atoms with Crippen LogP contribution < -0.4 is 9.47 Å². The highest BCUT2D eigenvalue weighted by molar-refractivity contribution is 5.46. The van der Waals surface area contributed by atoms with Crippen LogP contribution in [-0.4, -0.2) is 81.2 Å². The average molecular weight is 462 g/mol. The highest BCUT2D eigenvalue weighted by Crippen LogP contribution is 2.46. The van der Waals surface area contributed by atoms with Crippen molar-refractivity contribution in [2.24, 2.45) is 0 Å². The number of aryl methyl sites for hydroxylation is 1. The lowest BCUT2D eigenvalue weighted by Crippen LogP contribution is -2.60. The van der Waals surface area contributed by atoms with E-state index in [0.717, 1.165) is 23.1 Å². The van der Waals surface area contributed by atoms with E-state index in [-0.39, 0.29) is 25.2 Å². The second kappa shape index (κ2) is 10.4. The quantitative estimate of drug-likeness (QED) is 0.319. The predicted molar refractivity (Wildman–Crippen MR) is 116 cm³/mol. The Morgan fingerprint density at radius 2 is 1.61 bits per heavy atom. The van der Waals surface area contributed by atoms with Crippen LogP contribution in [0.25, 0.3) is 0 Å². The Morgan fingerprint density at radius 1 is 0.848 bits per heavy atom. The molecule has 0 amide bonds. The van der Waals surface area contributed by atoms with Gasteiger partial charge in [0.1, 0.15) is 42.0 Å². The van der Waals surface area contributed by atoms with Crippen molar-refractivity contribution in [3.8, 4) is 11.5 Å². The van der Waals surface area contributed by atoms with E-state index in [1.165, 1.54) is 0 Å². The summed E-state index contributed by atoms with van der Waals surface area (Å²) in [6.45, 7) is -0.505. The van der Waals surface area contributed by atoms with Crippen molar-refractivity contribution >= 4 is 0 Å². The largest absolute Gasteiger partial charge is 0.485 e. The summed E-state index contributed by atoms with van der Waals surface area (Å²) >= 11 is 0. The van der Waals surface area contributed by atoms with E-state index in [2.05, 4.69) is 0 Å². The van der Waals surface area contributed by atoms with Crippen molar-refractivity contribution in [2.45, 2.75) is 55.6 Å². The maximum atomic E-state index is 10.1. The lowest BCUT2D eigenvalue weighted by Gasteiger charge is -2.39. The minimum Gasteiger partial charge on any atom is -0.485 e. The first kappa shape index (κ1) is 23.9. The van der Waals surface area contributed by atoms with E-state index in [0.29, 0.717) is 17.9 Å². The molecule has 7 atom stereocenters.